The fourth-order valence-electron chi connectivity index (χ4n) is 4.50. The molecule has 2 atom stereocenters. The zero-order chi connectivity index (χ0) is 19.5. The Kier molecular flexibility index (Phi) is 6.16. The van der Waals surface area contributed by atoms with E-state index in [0.717, 1.165) is 69.4 Å². The van der Waals surface area contributed by atoms with E-state index < -0.39 is 0 Å². The molecule has 4 rings (SSSR count). The Hall–Kier alpha value is -1.66. The number of benzene rings is 1. The van der Waals surface area contributed by atoms with Crippen LogP contribution in [-0.4, -0.2) is 79.3 Å². The second-order valence-corrected chi connectivity index (χ2v) is 8.63. The van der Waals surface area contributed by atoms with Gasteiger partial charge >= 0.3 is 0 Å². The lowest BCUT2D eigenvalue weighted by Crippen LogP contribution is -2.47. The normalized spacial score (nSPS) is 24.8. The Morgan fingerprint density at radius 3 is 2.36 bits per heavy atom. The summed E-state index contributed by atoms with van der Waals surface area (Å²) in [6.45, 7) is 10.9. The van der Waals surface area contributed by atoms with Crippen molar-refractivity contribution in [2.24, 2.45) is 11.8 Å². The van der Waals surface area contributed by atoms with Crippen LogP contribution >= 0.6 is 0 Å². The van der Waals surface area contributed by atoms with Gasteiger partial charge in [-0.25, -0.2) is 0 Å². The van der Waals surface area contributed by atoms with Crippen LogP contribution in [0.1, 0.15) is 11.3 Å². The molecule has 2 aliphatic heterocycles. The molecule has 152 valence electrons. The summed E-state index contributed by atoms with van der Waals surface area (Å²) in [5, 5.41) is 9.89. The molecular formula is C23H33N3O2. The summed E-state index contributed by atoms with van der Waals surface area (Å²) in [5.41, 5.74) is 2.38. The number of furan rings is 1. The number of hydrogen-bond donors (Lipinski definition) is 1. The molecule has 2 aliphatic rings. The first-order valence-electron chi connectivity index (χ1n) is 10.5. The summed E-state index contributed by atoms with van der Waals surface area (Å²) in [6.07, 6.45) is 0. The van der Waals surface area contributed by atoms with Crippen molar-refractivity contribution in [1.29, 1.82) is 0 Å². The minimum atomic E-state index is 0.279. The van der Waals surface area contributed by atoms with Gasteiger partial charge in [-0.2, -0.15) is 0 Å². The third-order valence-electron chi connectivity index (χ3n) is 6.35. The van der Waals surface area contributed by atoms with Crippen LogP contribution in [0.3, 0.4) is 0 Å². The summed E-state index contributed by atoms with van der Waals surface area (Å²) in [7, 11) is 2.19. The second-order valence-electron chi connectivity index (χ2n) is 8.63. The molecule has 0 radical (unpaired) electrons. The maximum absolute atomic E-state index is 9.89. The number of nitrogens with zero attached hydrogens (tertiary/aromatic N) is 3. The molecule has 1 N–H and O–H groups in total. The highest BCUT2D eigenvalue weighted by atomic mass is 16.3. The molecule has 0 saturated carbocycles. The van der Waals surface area contributed by atoms with Crippen LogP contribution < -0.4 is 0 Å². The summed E-state index contributed by atoms with van der Waals surface area (Å²) >= 11 is 0. The maximum Gasteiger partial charge on any atom is 0.134 e. The molecule has 5 nitrogen and oxygen atoms in total. The molecule has 1 aromatic carbocycles. The van der Waals surface area contributed by atoms with Crippen LogP contribution in [0.5, 0.6) is 0 Å². The molecule has 3 heterocycles. The summed E-state index contributed by atoms with van der Waals surface area (Å²) in [5.74, 6) is 2.85. The van der Waals surface area contributed by atoms with E-state index >= 15 is 0 Å². The zero-order valence-electron chi connectivity index (χ0n) is 17.2. The van der Waals surface area contributed by atoms with Crippen LogP contribution in [-0.2, 0) is 6.54 Å². The number of likely N-dealkylation sites (tertiary alicyclic amines) is 1. The summed E-state index contributed by atoms with van der Waals surface area (Å²) in [4.78, 5) is 7.40. The van der Waals surface area contributed by atoms with Gasteiger partial charge in [-0.3, -0.25) is 4.90 Å². The maximum atomic E-state index is 9.89. The molecule has 0 bridgehead atoms. The van der Waals surface area contributed by atoms with Crippen LogP contribution in [0.2, 0.25) is 0 Å². The highest BCUT2D eigenvalue weighted by molar-refractivity contribution is 5.57. The third-order valence-corrected chi connectivity index (χ3v) is 6.35. The van der Waals surface area contributed by atoms with E-state index in [0.29, 0.717) is 11.8 Å². The van der Waals surface area contributed by atoms with Gasteiger partial charge < -0.3 is 19.3 Å². The van der Waals surface area contributed by atoms with Crippen molar-refractivity contribution in [2.45, 2.75) is 13.5 Å². The number of likely N-dealkylation sites (N-methyl/N-ethyl adjacent to an activating group) is 1. The number of rotatable bonds is 6. The van der Waals surface area contributed by atoms with Crippen LogP contribution in [0.15, 0.2) is 40.8 Å². The van der Waals surface area contributed by atoms with Crippen molar-refractivity contribution in [3.05, 3.63) is 47.7 Å². The van der Waals surface area contributed by atoms with E-state index in [1.807, 2.05) is 0 Å². The number of hydrogen-bond acceptors (Lipinski definition) is 5. The van der Waals surface area contributed by atoms with Crippen LogP contribution in [0.4, 0.5) is 0 Å². The Bertz CT molecular complexity index is 749. The molecule has 5 heteroatoms. The first kappa shape index (κ1) is 19.6. The summed E-state index contributed by atoms with van der Waals surface area (Å²) < 4.78 is 6.12. The van der Waals surface area contributed by atoms with Gasteiger partial charge in [-0.15, -0.1) is 0 Å². The molecular weight excluding hydrogens is 350 g/mol. The number of piperazine rings is 1. The molecule has 2 saturated heterocycles. The molecule has 0 spiro atoms. The van der Waals surface area contributed by atoms with E-state index in [4.69, 9.17) is 4.42 Å². The van der Waals surface area contributed by atoms with Crippen molar-refractivity contribution in [2.75, 3.05) is 59.5 Å². The van der Waals surface area contributed by atoms with Crippen LogP contribution in [0, 0.1) is 18.8 Å². The lowest BCUT2D eigenvalue weighted by atomic mass is 9.96. The highest BCUT2D eigenvalue weighted by Gasteiger charge is 2.34. The smallest absolute Gasteiger partial charge is 0.134 e. The Morgan fingerprint density at radius 2 is 1.64 bits per heavy atom. The third kappa shape index (κ3) is 4.66. The Labute approximate surface area is 168 Å². The van der Waals surface area contributed by atoms with Gasteiger partial charge in [0.25, 0.3) is 0 Å². The first-order valence-corrected chi connectivity index (χ1v) is 10.5. The predicted molar refractivity (Wildman–Crippen MR) is 112 cm³/mol. The van der Waals surface area contributed by atoms with Gasteiger partial charge in [0, 0.05) is 58.0 Å². The van der Waals surface area contributed by atoms with E-state index in [1.54, 1.807) is 0 Å². The predicted octanol–water partition coefficient (Wildman–Crippen LogP) is 2.54. The van der Waals surface area contributed by atoms with Gasteiger partial charge in [0.15, 0.2) is 0 Å². The van der Waals surface area contributed by atoms with E-state index in [2.05, 4.69) is 65.1 Å². The fraction of sp³-hybridized carbons (Fsp3) is 0.565. The lowest BCUT2D eigenvalue weighted by Gasteiger charge is -2.34. The van der Waals surface area contributed by atoms with Crippen LogP contribution in [0.25, 0.3) is 11.3 Å². The Morgan fingerprint density at radius 1 is 0.929 bits per heavy atom. The van der Waals surface area contributed by atoms with Gasteiger partial charge in [-0.05, 0) is 37.9 Å². The fourth-order valence-corrected chi connectivity index (χ4v) is 4.50. The summed E-state index contributed by atoms with van der Waals surface area (Å²) in [6, 6.07) is 12.6. The average Bonchev–Trinajstić information content (AvgIpc) is 3.31. The Balaban J connectivity index is 1.34. The minimum absolute atomic E-state index is 0.279. The number of aryl methyl sites for hydroxylation is 1. The molecule has 28 heavy (non-hydrogen) atoms. The van der Waals surface area contributed by atoms with Gasteiger partial charge in [-0.1, -0.05) is 29.8 Å². The van der Waals surface area contributed by atoms with Crippen molar-refractivity contribution in [3.8, 4) is 11.3 Å². The van der Waals surface area contributed by atoms with E-state index in [-0.39, 0.29) is 6.61 Å². The van der Waals surface area contributed by atoms with Gasteiger partial charge in [0.1, 0.15) is 11.5 Å². The molecule has 2 aromatic rings. The van der Waals surface area contributed by atoms with Crippen molar-refractivity contribution in [1.82, 2.24) is 14.7 Å². The molecule has 2 fully saturated rings. The number of aliphatic hydroxyl groups excluding tert-OH is 1. The van der Waals surface area contributed by atoms with E-state index in [9.17, 15) is 5.11 Å². The second kappa shape index (κ2) is 8.78. The van der Waals surface area contributed by atoms with Gasteiger partial charge in [0.2, 0.25) is 0 Å². The minimum Gasteiger partial charge on any atom is -0.460 e. The molecule has 1 aromatic heterocycles. The van der Waals surface area contributed by atoms with Crippen molar-refractivity contribution < 1.29 is 9.52 Å². The first-order chi connectivity index (χ1) is 13.6. The quantitative estimate of drug-likeness (QED) is 0.830. The largest absolute Gasteiger partial charge is 0.460 e. The lowest BCUT2D eigenvalue weighted by molar-refractivity contribution is 0.116. The van der Waals surface area contributed by atoms with E-state index in [1.165, 1.54) is 5.56 Å². The SMILES string of the molecule is Cc1ccc(-c2ccc(CN3C[C@@H](CN4CCN(C)CC4)[C@@H](CO)C3)o2)cc1. The average molecular weight is 384 g/mol. The molecule has 0 unspecified atom stereocenters. The number of aliphatic hydroxyl groups is 1. The zero-order valence-corrected chi connectivity index (χ0v) is 17.2. The molecule has 0 amide bonds. The molecule has 0 aliphatic carbocycles. The standard InChI is InChI=1S/C23H33N3O2/c1-18-3-5-19(6-4-18)23-8-7-22(28-23)16-26-14-20(21(15-26)17-27)13-25-11-9-24(2)10-12-25/h3-8,20-21,27H,9-17H2,1-2H3/t20-,21-/m1/s1. The van der Waals surface area contributed by atoms with Crippen molar-refractivity contribution in [3.63, 3.8) is 0 Å². The van der Waals surface area contributed by atoms with Crippen molar-refractivity contribution >= 4 is 0 Å². The van der Waals surface area contributed by atoms with Gasteiger partial charge in [0.05, 0.1) is 6.54 Å². The highest BCUT2D eigenvalue weighted by Crippen LogP contribution is 2.28. The monoisotopic (exact) mass is 383 g/mol. The topological polar surface area (TPSA) is 43.1 Å².